The number of hydrogen-bond acceptors (Lipinski definition) is 2. The molecule has 3 heteroatoms. The molecular formula is C16H20N2O. The molecule has 0 aromatic heterocycles. The van der Waals surface area contributed by atoms with Crippen molar-refractivity contribution in [3.63, 3.8) is 0 Å². The lowest BCUT2D eigenvalue weighted by Gasteiger charge is -2.56. The van der Waals surface area contributed by atoms with Gasteiger partial charge in [0.2, 0.25) is 5.91 Å². The second kappa shape index (κ2) is 4.34. The van der Waals surface area contributed by atoms with Crippen molar-refractivity contribution in [3.8, 4) is 0 Å². The summed E-state index contributed by atoms with van der Waals surface area (Å²) in [5.74, 6) is 0.800. The van der Waals surface area contributed by atoms with Gasteiger partial charge >= 0.3 is 0 Å². The van der Waals surface area contributed by atoms with Crippen LogP contribution in [-0.2, 0) is 11.3 Å². The Bertz CT molecular complexity index is 471. The van der Waals surface area contributed by atoms with Crippen LogP contribution in [0.15, 0.2) is 30.3 Å². The van der Waals surface area contributed by atoms with Gasteiger partial charge in [-0.1, -0.05) is 30.3 Å². The van der Waals surface area contributed by atoms with Crippen LogP contribution in [0.25, 0.3) is 0 Å². The maximum absolute atomic E-state index is 12.1. The van der Waals surface area contributed by atoms with Gasteiger partial charge in [0.25, 0.3) is 0 Å². The van der Waals surface area contributed by atoms with E-state index in [1.807, 2.05) is 0 Å². The maximum atomic E-state index is 12.1. The minimum atomic E-state index is 0.375. The number of amides is 1. The third-order valence-corrected chi connectivity index (χ3v) is 4.79. The number of piperidine rings is 1. The Labute approximate surface area is 114 Å². The fourth-order valence-electron chi connectivity index (χ4n) is 3.51. The zero-order valence-electron chi connectivity index (χ0n) is 11.2. The van der Waals surface area contributed by atoms with E-state index in [1.54, 1.807) is 0 Å². The summed E-state index contributed by atoms with van der Waals surface area (Å²) < 4.78 is 0. The maximum Gasteiger partial charge on any atom is 0.225 e. The summed E-state index contributed by atoms with van der Waals surface area (Å²) in [5, 5.41) is 0. The largest absolute Gasteiger partial charge is 0.339 e. The van der Waals surface area contributed by atoms with Gasteiger partial charge in [0.05, 0.1) is 0 Å². The molecule has 1 aromatic rings. The summed E-state index contributed by atoms with van der Waals surface area (Å²) in [7, 11) is 0. The fraction of sp³-hybridized carbons (Fsp3) is 0.562. The number of piperazine rings is 1. The Balaban J connectivity index is 1.39. The average molecular weight is 256 g/mol. The van der Waals surface area contributed by atoms with Gasteiger partial charge in [-0.3, -0.25) is 9.69 Å². The van der Waals surface area contributed by atoms with E-state index in [2.05, 4.69) is 40.1 Å². The first-order chi connectivity index (χ1) is 9.31. The third-order valence-electron chi connectivity index (χ3n) is 4.79. The normalized spacial score (nSPS) is 30.0. The highest BCUT2D eigenvalue weighted by Crippen LogP contribution is 2.37. The fourth-order valence-corrected chi connectivity index (χ4v) is 3.51. The Morgan fingerprint density at radius 1 is 1.11 bits per heavy atom. The van der Waals surface area contributed by atoms with Gasteiger partial charge in [0.15, 0.2) is 0 Å². The number of hydrogen-bond donors (Lipinski definition) is 0. The summed E-state index contributed by atoms with van der Waals surface area (Å²) in [5.41, 5.74) is 1.39. The molecule has 100 valence electrons. The van der Waals surface area contributed by atoms with Crippen LogP contribution in [0.3, 0.4) is 0 Å². The van der Waals surface area contributed by atoms with Crippen molar-refractivity contribution in [2.24, 2.45) is 5.92 Å². The topological polar surface area (TPSA) is 23.6 Å². The highest BCUT2D eigenvalue weighted by molar-refractivity contribution is 5.81. The molecule has 2 unspecified atom stereocenters. The molecule has 5 rings (SSSR count). The van der Waals surface area contributed by atoms with Crippen LogP contribution >= 0.6 is 0 Å². The molecule has 0 N–H and O–H groups in total. The zero-order valence-corrected chi connectivity index (χ0v) is 11.2. The molecule has 19 heavy (non-hydrogen) atoms. The summed E-state index contributed by atoms with van der Waals surface area (Å²) in [6.45, 7) is 2.96. The van der Waals surface area contributed by atoms with Crippen LogP contribution in [0.1, 0.15) is 24.8 Å². The van der Waals surface area contributed by atoms with Crippen molar-refractivity contribution < 1.29 is 4.79 Å². The van der Waals surface area contributed by atoms with E-state index in [0.29, 0.717) is 23.9 Å². The van der Waals surface area contributed by atoms with Crippen LogP contribution in [-0.4, -0.2) is 40.9 Å². The highest BCUT2D eigenvalue weighted by Gasteiger charge is 2.47. The van der Waals surface area contributed by atoms with Crippen molar-refractivity contribution >= 4 is 5.91 Å². The molecule has 0 radical (unpaired) electrons. The van der Waals surface area contributed by atoms with E-state index in [-0.39, 0.29) is 0 Å². The van der Waals surface area contributed by atoms with Crippen molar-refractivity contribution in [1.82, 2.24) is 9.80 Å². The van der Waals surface area contributed by atoms with E-state index in [9.17, 15) is 4.79 Å². The van der Waals surface area contributed by atoms with Crippen LogP contribution < -0.4 is 0 Å². The smallest absolute Gasteiger partial charge is 0.225 e. The summed E-state index contributed by atoms with van der Waals surface area (Å²) in [4.78, 5) is 16.8. The molecule has 1 aromatic carbocycles. The Morgan fingerprint density at radius 2 is 1.79 bits per heavy atom. The lowest BCUT2D eigenvalue weighted by molar-refractivity contribution is -0.145. The predicted octanol–water partition coefficient (Wildman–Crippen LogP) is 1.88. The molecule has 1 amide bonds. The molecule has 1 aliphatic carbocycles. The van der Waals surface area contributed by atoms with Gasteiger partial charge in [-0.25, -0.2) is 0 Å². The molecule has 3 saturated heterocycles. The van der Waals surface area contributed by atoms with E-state index >= 15 is 0 Å². The van der Waals surface area contributed by atoms with E-state index in [1.165, 1.54) is 12.0 Å². The van der Waals surface area contributed by atoms with Crippen molar-refractivity contribution in [2.75, 3.05) is 13.1 Å². The molecule has 1 saturated carbocycles. The van der Waals surface area contributed by atoms with Crippen LogP contribution in [0.5, 0.6) is 0 Å². The Morgan fingerprint density at radius 3 is 2.42 bits per heavy atom. The molecule has 3 nitrogen and oxygen atoms in total. The van der Waals surface area contributed by atoms with E-state index in [0.717, 1.165) is 32.5 Å². The minimum absolute atomic E-state index is 0.375. The standard InChI is InChI=1S/C16H20N2O/c19-16(13-6-7-13)17-10-14-8-15(11-17)18(14)9-12-4-2-1-3-5-12/h1-5,13-15H,6-11H2. The predicted molar refractivity (Wildman–Crippen MR) is 73.5 cm³/mol. The average Bonchev–Trinajstić information content (AvgIpc) is 3.30. The van der Waals surface area contributed by atoms with Gasteiger partial charge in [-0.05, 0) is 24.8 Å². The molecule has 4 fully saturated rings. The molecule has 3 aliphatic heterocycles. The quantitative estimate of drug-likeness (QED) is 0.824. The molecule has 3 heterocycles. The number of benzene rings is 1. The SMILES string of the molecule is O=C(C1CC1)N1CC2CC(C1)N2Cc1ccccc1. The second-order valence-electron chi connectivity index (χ2n) is 6.22. The lowest BCUT2D eigenvalue weighted by Crippen LogP contribution is -2.69. The van der Waals surface area contributed by atoms with Gasteiger partial charge < -0.3 is 4.90 Å². The third kappa shape index (κ3) is 2.06. The molecular weight excluding hydrogens is 236 g/mol. The van der Waals surface area contributed by atoms with Crippen molar-refractivity contribution in [3.05, 3.63) is 35.9 Å². The minimum Gasteiger partial charge on any atom is -0.339 e. The van der Waals surface area contributed by atoms with Crippen LogP contribution in [0, 0.1) is 5.92 Å². The first-order valence-corrected chi connectivity index (χ1v) is 7.40. The number of nitrogens with zero attached hydrogens (tertiary/aromatic N) is 2. The van der Waals surface area contributed by atoms with Crippen molar-refractivity contribution in [1.29, 1.82) is 0 Å². The zero-order chi connectivity index (χ0) is 12.8. The Kier molecular flexibility index (Phi) is 2.62. The van der Waals surface area contributed by atoms with Gasteiger partial charge in [0.1, 0.15) is 0 Å². The first kappa shape index (κ1) is 11.5. The highest BCUT2D eigenvalue weighted by atomic mass is 16.2. The van der Waals surface area contributed by atoms with Crippen LogP contribution in [0.4, 0.5) is 0 Å². The van der Waals surface area contributed by atoms with Gasteiger partial charge in [-0.15, -0.1) is 0 Å². The van der Waals surface area contributed by atoms with Crippen LogP contribution in [0.2, 0.25) is 0 Å². The summed E-state index contributed by atoms with van der Waals surface area (Å²) in [6.07, 6.45) is 3.53. The second-order valence-corrected chi connectivity index (χ2v) is 6.22. The molecule has 2 atom stereocenters. The first-order valence-electron chi connectivity index (χ1n) is 7.40. The molecule has 0 spiro atoms. The number of rotatable bonds is 3. The number of carbonyl (C=O) groups is 1. The summed E-state index contributed by atoms with van der Waals surface area (Å²) in [6, 6.07) is 11.9. The number of carbonyl (C=O) groups excluding carboxylic acids is 1. The van der Waals surface area contributed by atoms with E-state index in [4.69, 9.17) is 0 Å². The lowest BCUT2D eigenvalue weighted by atomic mass is 9.86. The van der Waals surface area contributed by atoms with Gasteiger partial charge in [-0.2, -0.15) is 0 Å². The molecule has 2 bridgehead atoms. The molecule has 4 aliphatic rings. The number of fused-ring (bicyclic) bond motifs is 2. The van der Waals surface area contributed by atoms with Gasteiger partial charge in [0, 0.05) is 37.6 Å². The monoisotopic (exact) mass is 256 g/mol. The van der Waals surface area contributed by atoms with E-state index < -0.39 is 0 Å². The summed E-state index contributed by atoms with van der Waals surface area (Å²) >= 11 is 0. The van der Waals surface area contributed by atoms with Crippen molar-refractivity contribution in [2.45, 2.75) is 37.9 Å². The Hall–Kier alpha value is -1.35.